The van der Waals surface area contributed by atoms with Crippen LogP contribution in [0.3, 0.4) is 0 Å². The minimum atomic E-state index is 0.176. The second kappa shape index (κ2) is 5.91. The van der Waals surface area contributed by atoms with E-state index in [2.05, 4.69) is 24.3 Å². The van der Waals surface area contributed by atoms with Gasteiger partial charge in [0.25, 0.3) is 0 Å². The van der Waals surface area contributed by atoms with Gasteiger partial charge >= 0.3 is 0 Å². The number of nitrogens with one attached hydrogen (secondary N) is 1. The zero-order chi connectivity index (χ0) is 13.0. The van der Waals surface area contributed by atoms with Gasteiger partial charge in [-0.25, -0.2) is 4.68 Å². The van der Waals surface area contributed by atoms with Crippen LogP contribution in [0.5, 0.6) is 0 Å². The summed E-state index contributed by atoms with van der Waals surface area (Å²) in [5, 5.41) is 16.8. The van der Waals surface area contributed by atoms with Crippen molar-refractivity contribution < 1.29 is 5.11 Å². The van der Waals surface area contributed by atoms with Crippen molar-refractivity contribution in [3.63, 3.8) is 0 Å². The van der Waals surface area contributed by atoms with Gasteiger partial charge in [0.05, 0.1) is 11.4 Å². The molecule has 1 rings (SSSR count). The van der Waals surface area contributed by atoms with Gasteiger partial charge in [-0.15, -0.1) is 0 Å². The van der Waals surface area contributed by atoms with Gasteiger partial charge in [0.1, 0.15) is 5.82 Å². The Morgan fingerprint density at radius 1 is 1.47 bits per heavy atom. The number of nitrogens with two attached hydrogens (primary N) is 1. The number of anilines is 2. The molecule has 1 heterocycles. The van der Waals surface area contributed by atoms with Crippen molar-refractivity contribution in [1.82, 2.24) is 9.78 Å². The SMILES string of the molecule is CCn1nc(C)c(N)c1NC(CCO)C(C)C. The average Bonchev–Trinajstić information content (AvgIpc) is 2.55. The molecule has 0 aliphatic carbocycles. The molecule has 1 unspecified atom stereocenters. The normalized spacial score (nSPS) is 13.1. The Morgan fingerprint density at radius 3 is 2.59 bits per heavy atom. The topological polar surface area (TPSA) is 76.1 Å². The number of aliphatic hydroxyl groups excluding tert-OH is 1. The maximum Gasteiger partial charge on any atom is 0.148 e. The van der Waals surface area contributed by atoms with Crippen molar-refractivity contribution in [2.24, 2.45) is 5.92 Å². The zero-order valence-corrected chi connectivity index (χ0v) is 11.2. The molecule has 4 N–H and O–H groups in total. The van der Waals surface area contributed by atoms with Gasteiger partial charge in [-0.1, -0.05) is 13.8 Å². The molecule has 5 heteroatoms. The van der Waals surface area contributed by atoms with Crippen molar-refractivity contribution in [2.45, 2.75) is 46.7 Å². The number of aryl methyl sites for hydroxylation is 2. The fraction of sp³-hybridized carbons (Fsp3) is 0.750. The van der Waals surface area contributed by atoms with E-state index in [4.69, 9.17) is 10.8 Å². The highest BCUT2D eigenvalue weighted by atomic mass is 16.3. The molecule has 17 heavy (non-hydrogen) atoms. The standard InChI is InChI=1S/C12H24N4O/c1-5-16-12(11(13)9(4)15-16)14-10(6-7-17)8(2)3/h8,10,14,17H,5-7,13H2,1-4H3. The van der Waals surface area contributed by atoms with Crippen molar-refractivity contribution in [3.8, 4) is 0 Å². The molecule has 0 bridgehead atoms. The molecule has 98 valence electrons. The smallest absolute Gasteiger partial charge is 0.148 e. The number of hydrogen-bond donors (Lipinski definition) is 3. The van der Waals surface area contributed by atoms with Crippen LogP contribution in [0.1, 0.15) is 32.9 Å². The van der Waals surface area contributed by atoms with Gasteiger partial charge in [0, 0.05) is 19.2 Å². The lowest BCUT2D eigenvalue weighted by atomic mass is 10.0. The Bertz CT molecular complexity index is 360. The van der Waals surface area contributed by atoms with E-state index in [-0.39, 0.29) is 12.6 Å². The summed E-state index contributed by atoms with van der Waals surface area (Å²) in [6.45, 7) is 9.15. The Labute approximate surface area is 103 Å². The average molecular weight is 240 g/mol. The second-order valence-corrected chi connectivity index (χ2v) is 4.67. The number of aromatic nitrogens is 2. The third-order valence-corrected chi connectivity index (χ3v) is 3.04. The van der Waals surface area contributed by atoms with E-state index >= 15 is 0 Å². The molecule has 1 atom stereocenters. The minimum Gasteiger partial charge on any atom is -0.396 e. The summed E-state index contributed by atoms with van der Waals surface area (Å²) in [6, 6.07) is 0.212. The molecule has 0 amide bonds. The first-order chi connectivity index (χ1) is 8.01. The zero-order valence-electron chi connectivity index (χ0n) is 11.2. The van der Waals surface area contributed by atoms with Crippen molar-refractivity contribution in [3.05, 3.63) is 5.69 Å². The van der Waals surface area contributed by atoms with Crippen LogP contribution in [0.15, 0.2) is 0 Å². The maximum absolute atomic E-state index is 9.07. The van der Waals surface area contributed by atoms with E-state index in [1.165, 1.54) is 0 Å². The molecule has 0 aliphatic rings. The summed E-state index contributed by atoms with van der Waals surface area (Å²) >= 11 is 0. The second-order valence-electron chi connectivity index (χ2n) is 4.67. The van der Waals surface area contributed by atoms with Gasteiger partial charge in [-0.05, 0) is 26.2 Å². The Hall–Kier alpha value is -1.23. The summed E-state index contributed by atoms with van der Waals surface area (Å²) in [6.07, 6.45) is 0.713. The molecule has 5 nitrogen and oxygen atoms in total. The number of nitrogens with zero attached hydrogens (tertiary/aromatic N) is 2. The van der Waals surface area contributed by atoms with E-state index in [9.17, 15) is 0 Å². The third-order valence-electron chi connectivity index (χ3n) is 3.04. The molecule has 0 aliphatic heterocycles. The predicted octanol–water partition coefficient (Wildman–Crippen LogP) is 1.61. The van der Waals surface area contributed by atoms with E-state index in [0.29, 0.717) is 18.0 Å². The number of aliphatic hydroxyl groups is 1. The lowest BCUT2D eigenvalue weighted by Gasteiger charge is -2.23. The first-order valence-electron chi connectivity index (χ1n) is 6.21. The minimum absolute atomic E-state index is 0.176. The molecule has 1 aromatic heterocycles. The maximum atomic E-state index is 9.07. The summed E-state index contributed by atoms with van der Waals surface area (Å²) < 4.78 is 1.87. The summed E-state index contributed by atoms with van der Waals surface area (Å²) in [5.41, 5.74) is 7.57. The summed E-state index contributed by atoms with van der Waals surface area (Å²) in [7, 11) is 0. The lowest BCUT2D eigenvalue weighted by Crippen LogP contribution is -2.28. The molecule has 1 aromatic rings. The fourth-order valence-electron chi connectivity index (χ4n) is 1.86. The molecular formula is C12H24N4O. The monoisotopic (exact) mass is 240 g/mol. The third kappa shape index (κ3) is 3.12. The number of hydrogen-bond acceptors (Lipinski definition) is 4. The highest BCUT2D eigenvalue weighted by molar-refractivity contribution is 5.65. The summed E-state index contributed by atoms with van der Waals surface area (Å²) in [5.74, 6) is 1.30. The molecule has 0 spiro atoms. The van der Waals surface area contributed by atoms with Crippen LogP contribution in [0.25, 0.3) is 0 Å². The number of rotatable bonds is 6. The lowest BCUT2D eigenvalue weighted by molar-refractivity contribution is 0.267. The highest BCUT2D eigenvalue weighted by Crippen LogP contribution is 2.24. The van der Waals surface area contributed by atoms with Crippen LogP contribution in [0.4, 0.5) is 11.5 Å². The Balaban J connectivity index is 2.91. The van der Waals surface area contributed by atoms with Gasteiger partial charge in [-0.3, -0.25) is 0 Å². The molecule has 0 fully saturated rings. The molecular weight excluding hydrogens is 216 g/mol. The van der Waals surface area contributed by atoms with Crippen LogP contribution >= 0.6 is 0 Å². The van der Waals surface area contributed by atoms with E-state index in [1.807, 2.05) is 18.5 Å². The van der Waals surface area contributed by atoms with Crippen LogP contribution in [0.2, 0.25) is 0 Å². The highest BCUT2D eigenvalue weighted by Gasteiger charge is 2.18. The van der Waals surface area contributed by atoms with Crippen molar-refractivity contribution in [2.75, 3.05) is 17.7 Å². The van der Waals surface area contributed by atoms with Crippen molar-refractivity contribution >= 4 is 11.5 Å². The predicted molar refractivity (Wildman–Crippen MR) is 71.0 cm³/mol. The quantitative estimate of drug-likeness (QED) is 0.706. The van der Waals surface area contributed by atoms with Crippen LogP contribution in [-0.4, -0.2) is 27.5 Å². The van der Waals surface area contributed by atoms with E-state index in [1.54, 1.807) is 0 Å². The van der Waals surface area contributed by atoms with E-state index in [0.717, 1.165) is 18.1 Å². The largest absolute Gasteiger partial charge is 0.396 e. The molecule has 0 aromatic carbocycles. The summed E-state index contributed by atoms with van der Waals surface area (Å²) in [4.78, 5) is 0. The first-order valence-corrected chi connectivity index (χ1v) is 6.21. The molecule has 0 saturated heterocycles. The van der Waals surface area contributed by atoms with Crippen LogP contribution in [0, 0.1) is 12.8 Å². The van der Waals surface area contributed by atoms with Gasteiger partial charge in [0.2, 0.25) is 0 Å². The molecule has 0 saturated carbocycles. The van der Waals surface area contributed by atoms with Crippen LogP contribution in [-0.2, 0) is 6.54 Å². The van der Waals surface area contributed by atoms with Crippen LogP contribution < -0.4 is 11.1 Å². The first kappa shape index (κ1) is 13.8. The number of nitrogen functional groups attached to an aromatic ring is 1. The van der Waals surface area contributed by atoms with E-state index < -0.39 is 0 Å². The van der Waals surface area contributed by atoms with Gasteiger partial charge in [0.15, 0.2) is 0 Å². The van der Waals surface area contributed by atoms with Gasteiger partial charge in [-0.2, -0.15) is 5.10 Å². The molecule has 0 radical (unpaired) electrons. The fourth-order valence-corrected chi connectivity index (χ4v) is 1.86. The Morgan fingerprint density at radius 2 is 2.12 bits per heavy atom. The Kier molecular flexibility index (Phi) is 4.81. The van der Waals surface area contributed by atoms with Gasteiger partial charge < -0.3 is 16.2 Å². The van der Waals surface area contributed by atoms with Crippen molar-refractivity contribution in [1.29, 1.82) is 0 Å².